The van der Waals surface area contributed by atoms with Crippen molar-refractivity contribution in [2.45, 2.75) is 0 Å². The summed E-state index contributed by atoms with van der Waals surface area (Å²) in [6.45, 7) is 0. The summed E-state index contributed by atoms with van der Waals surface area (Å²) >= 11 is 0. The van der Waals surface area contributed by atoms with Crippen LogP contribution in [0.3, 0.4) is 0 Å². The van der Waals surface area contributed by atoms with Crippen molar-refractivity contribution < 1.29 is 57.5 Å². The number of aromatic nitrogens is 8. The van der Waals surface area contributed by atoms with E-state index in [9.17, 15) is 0 Å². The maximum atomic E-state index is 15.3. The van der Waals surface area contributed by atoms with Crippen LogP contribution in [0.25, 0.3) is 89.7 Å². The normalized spacial score (nSPS) is 11.9. The van der Waals surface area contributed by atoms with E-state index in [1.165, 1.54) is 0 Å². The maximum Gasteiger partial charge on any atom is 0.133 e. The molecule has 0 N–H and O–H groups in total. The van der Waals surface area contributed by atoms with Crippen molar-refractivity contribution in [1.29, 1.82) is 0 Å². The number of hydrogen-bond acceptors (Lipinski definition) is 6. The Kier molecular flexibility index (Phi) is 6.72. The fourth-order valence-electron chi connectivity index (χ4n) is 5.85. The monoisotopic (exact) mass is 763 g/mol. The van der Waals surface area contributed by atoms with Crippen LogP contribution in [0.15, 0.2) is 48.5 Å². The summed E-state index contributed by atoms with van der Waals surface area (Å²) in [5, 5.41) is -2.21. The summed E-state index contributed by atoms with van der Waals surface area (Å²) in [5.41, 5.74) is -4.59. The molecular weight excluding hydrogens is 756 g/mol. The summed E-state index contributed by atoms with van der Waals surface area (Å²) < 4.78 is 122. The van der Waals surface area contributed by atoms with Gasteiger partial charge in [0.2, 0.25) is 0 Å². The standard InChI is InChI=1S/C32H8F8N8.Ag/c33-9-1-2-10(34)18-17(9)25-41-26(18)46-28-21-13(37)5-6-14(38)22(21)30(43-28)48-32-24-16(40)8-7-15(39)23(24)31(44-32)47-29-20-12(36)4-3-11(35)19(20)27(42-29)45-25;/h1-8H;/q-2;. The molecule has 1 radical (unpaired) electrons. The molecule has 0 fully saturated rings. The zero-order valence-electron chi connectivity index (χ0n) is 23.5. The minimum absolute atomic E-state index is 0. The molecule has 8 nitrogen and oxygen atoms in total. The third kappa shape index (κ3) is 4.34. The molecule has 0 amide bonds. The Morgan fingerprint density at radius 3 is 0.735 bits per heavy atom. The van der Waals surface area contributed by atoms with Gasteiger partial charge in [-0.3, -0.25) is 0 Å². The molecule has 0 saturated carbocycles. The molecule has 0 spiro atoms. The number of benzene rings is 4. The van der Waals surface area contributed by atoms with Crippen molar-refractivity contribution in [3.05, 3.63) is 95.1 Å². The third-order valence-electron chi connectivity index (χ3n) is 7.90. The van der Waals surface area contributed by atoms with E-state index in [2.05, 4.69) is 39.9 Å². The van der Waals surface area contributed by atoms with Gasteiger partial charge in [0.15, 0.2) is 0 Å². The van der Waals surface area contributed by atoms with Crippen LogP contribution in [0, 0.1) is 46.5 Å². The van der Waals surface area contributed by atoms with Crippen LogP contribution in [0.2, 0.25) is 0 Å². The van der Waals surface area contributed by atoms with Crippen molar-refractivity contribution in [3.8, 4) is 45.6 Å². The predicted molar refractivity (Wildman–Crippen MR) is 154 cm³/mol. The van der Waals surface area contributed by atoms with E-state index in [1.807, 2.05) is 0 Å². The minimum Gasteiger partial charge on any atom is -0.357 e. The van der Waals surface area contributed by atoms with E-state index < -0.39 is 136 Å². The molecule has 2 aliphatic heterocycles. The third-order valence-corrected chi connectivity index (χ3v) is 7.90. The first kappa shape index (κ1) is 30.7. The summed E-state index contributed by atoms with van der Waals surface area (Å²) in [4.78, 5) is 33.0. The Labute approximate surface area is 281 Å². The van der Waals surface area contributed by atoms with Gasteiger partial charge in [0.1, 0.15) is 46.5 Å². The molecule has 4 aromatic carbocycles. The van der Waals surface area contributed by atoms with Gasteiger partial charge in [-0.05, 0) is 48.5 Å². The van der Waals surface area contributed by atoms with Gasteiger partial charge in [-0.1, -0.05) is 0 Å². The van der Waals surface area contributed by atoms with Crippen LogP contribution >= 0.6 is 0 Å². The second kappa shape index (κ2) is 10.7. The van der Waals surface area contributed by atoms with Crippen molar-refractivity contribution in [2.24, 2.45) is 0 Å². The van der Waals surface area contributed by atoms with E-state index in [1.54, 1.807) is 0 Å². The van der Waals surface area contributed by atoms with Crippen LogP contribution in [-0.2, 0) is 22.4 Å². The molecule has 0 atom stereocenters. The van der Waals surface area contributed by atoms with Gasteiger partial charge >= 0.3 is 0 Å². The van der Waals surface area contributed by atoms with Gasteiger partial charge < -0.3 is 29.9 Å². The first-order valence-electron chi connectivity index (χ1n) is 13.7. The number of hydrogen-bond donors (Lipinski definition) is 0. The number of fused-ring (bicyclic) bond motifs is 20. The van der Waals surface area contributed by atoms with Crippen LogP contribution < -0.4 is 9.97 Å². The van der Waals surface area contributed by atoms with Gasteiger partial charge in [-0.2, -0.15) is 0 Å². The zero-order valence-corrected chi connectivity index (χ0v) is 25.0. The fraction of sp³-hybridized carbons (Fsp3) is 0. The van der Waals surface area contributed by atoms with Gasteiger partial charge in [-0.15, -0.1) is 0 Å². The number of rotatable bonds is 0. The maximum absolute atomic E-state index is 15.3. The van der Waals surface area contributed by atoms with Crippen LogP contribution in [-0.4, -0.2) is 29.9 Å². The number of nitrogens with zero attached hydrogens (tertiary/aromatic N) is 8. The molecule has 0 saturated heterocycles. The average molecular weight is 764 g/mol. The van der Waals surface area contributed by atoms with E-state index >= 15 is 35.1 Å². The van der Waals surface area contributed by atoms with Crippen molar-refractivity contribution >= 4 is 44.1 Å². The Bertz CT molecular complexity index is 2430. The molecule has 2 aliphatic rings. The van der Waals surface area contributed by atoms with E-state index in [0.29, 0.717) is 0 Å². The Morgan fingerprint density at radius 2 is 0.510 bits per heavy atom. The SMILES string of the molecule is Fc1ccc(F)c2c1-c1nc-2nc2[n-]c(nc3nc(nc4[n-]c(n1)c1c(F)ccc(F)c41)-c1c(F)ccc(F)c1-3)c1c(F)ccc(F)c21.[Ag]. The quantitative estimate of drug-likeness (QED) is 0.118. The molecule has 7 aromatic rings. The zero-order chi connectivity index (χ0) is 33.2. The molecule has 3 aromatic heterocycles. The van der Waals surface area contributed by atoms with E-state index in [-0.39, 0.29) is 22.4 Å². The average Bonchev–Trinajstić information content (AvgIpc) is 3.80. The second-order valence-electron chi connectivity index (χ2n) is 10.6. The van der Waals surface area contributed by atoms with Gasteiger partial charge in [0, 0.05) is 66.5 Å². The summed E-state index contributed by atoms with van der Waals surface area (Å²) in [5.74, 6) is -10.8. The van der Waals surface area contributed by atoms with Gasteiger partial charge in [0.05, 0.1) is 45.6 Å². The van der Waals surface area contributed by atoms with Crippen LogP contribution in [0.4, 0.5) is 35.1 Å². The smallest absolute Gasteiger partial charge is 0.133 e. The molecule has 9 rings (SSSR count). The van der Waals surface area contributed by atoms with E-state index in [0.717, 1.165) is 48.5 Å². The van der Waals surface area contributed by atoms with Crippen molar-refractivity contribution in [2.75, 3.05) is 0 Å². The molecular formula is C32H8AgF8N8-2. The molecule has 0 unspecified atom stereocenters. The summed E-state index contributed by atoms with van der Waals surface area (Å²) in [6.07, 6.45) is 0. The van der Waals surface area contributed by atoms with Gasteiger partial charge in [0.25, 0.3) is 0 Å². The Morgan fingerprint density at radius 1 is 0.306 bits per heavy atom. The van der Waals surface area contributed by atoms with Crippen molar-refractivity contribution in [3.63, 3.8) is 0 Å². The molecule has 49 heavy (non-hydrogen) atoms. The Balaban J connectivity index is 0.00000348. The fourth-order valence-corrected chi connectivity index (χ4v) is 5.85. The Hall–Kier alpha value is -5.58. The number of halogens is 8. The van der Waals surface area contributed by atoms with Crippen LogP contribution in [0.5, 0.6) is 0 Å². The first-order valence-corrected chi connectivity index (χ1v) is 13.7. The summed E-state index contributed by atoms with van der Waals surface area (Å²) in [6, 6.07) is 6.12. The molecule has 245 valence electrons. The molecule has 5 heterocycles. The van der Waals surface area contributed by atoms with E-state index in [4.69, 9.17) is 0 Å². The molecule has 8 bridgehead atoms. The van der Waals surface area contributed by atoms with Crippen LogP contribution in [0.1, 0.15) is 0 Å². The molecule has 17 heteroatoms. The second-order valence-corrected chi connectivity index (χ2v) is 10.6. The topological polar surface area (TPSA) is 106 Å². The van der Waals surface area contributed by atoms with Crippen molar-refractivity contribution in [1.82, 2.24) is 39.9 Å². The molecule has 0 aliphatic carbocycles. The predicted octanol–water partition coefficient (Wildman–Crippen LogP) is 7.24. The largest absolute Gasteiger partial charge is 0.357 e. The van der Waals surface area contributed by atoms with Gasteiger partial charge in [-0.25, -0.2) is 45.1 Å². The summed E-state index contributed by atoms with van der Waals surface area (Å²) in [7, 11) is 0. The minimum atomic E-state index is -1.05. The first-order chi connectivity index (χ1) is 23.1.